The lowest BCUT2D eigenvalue weighted by molar-refractivity contribution is -0.147. The predicted octanol–water partition coefficient (Wildman–Crippen LogP) is 0.949. The lowest BCUT2D eigenvalue weighted by atomic mass is 10.2. The Labute approximate surface area is 116 Å². The van der Waals surface area contributed by atoms with Gasteiger partial charge in [0.1, 0.15) is 38.3 Å². The molecule has 6 heteroatoms. The van der Waals surface area contributed by atoms with Crippen molar-refractivity contribution in [2.45, 2.75) is 0 Å². The highest BCUT2D eigenvalue weighted by atomic mass is 16.5. The van der Waals surface area contributed by atoms with E-state index < -0.39 is 0 Å². The second-order valence-corrected chi connectivity index (χ2v) is 4.27. The first-order valence-electron chi connectivity index (χ1n) is 6.32. The third-order valence-corrected chi connectivity index (χ3v) is 2.78. The van der Waals surface area contributed by atoms with Crippen LogP contribution in [0.3, 0.4) is 0 Å². The molecule has 2 rings (SSSR count). The Balaban J connectivity index is 1.55. The van der Waals surface area contributed by atoms with E-state index >= 15 is 0 Å². The van der Waals surface area contributed by atoms with Crippen molar-refractivity contribution in [2.75, 3.05) is 26.4 Å². The molecule has 0 aromatic heterocycles. The number of hydrogen-bond acceptors (Lipinski definition) is 6. The van der Waals surface area contributed by atoms with Gasteiger partial charge in [-0.05, 0) is 24.3 Å². The fraction of sp³-hybridized carbons (Fsp3) is 0.429. The number of carbonyl (C=O) groups excluding carboxylic acids is 2. The fourth-order valence-electron chi connectivity index (χ4n) is 1.63. The Morgan fingerprint density at radius 2 is 1.40 bits per heavy atom. The Kier molecular flexibility index (Phi) is 5.23. The Bertz CT molecular complexity index is 397. The minimum atomic E-state index is -0.325. The van der Waals surface area contributed by atoms with Gasteiger partial charge in [0.2, 0.25) is 0 Å². The topological polar surface area (TPSA) is 71.1 Å². The molecule has 0 aromatic carbocycles. The van der Waals surface area contributed by atoms with Crippen molar-refractivity contribution in [3.63, 3.8) is 0 Å². The lowest BCUT2D eigenvalue weighted by Gasteiger charge is -2.06. The molecule has 0 amide bonds. The van der Waals surface area contributed by atoms with Crippen LogP contribution in [0.2, 0.25) is 0 Å². The maximum atomic E-state index is 11.5. The van der Waals surface area contributed by atoms with Crippen LogP contribution in [-0.2, 0) is 28.5 Å². The molecule has 0 saturated carbocycles. The zero-order chi connectivity index (χ0) is 14.2. The first-order chi connectivity index (χ1) is 9.77. The van der Waals surface area contributed by atoms with Crippen LogP contribution in [0.4, 0.5) is 0 Å². The van der Waals surface area contributed by atoms with E-state index in [2.05, 4.69) is 0 Å². The molecule has 0 spiro atoms. The molecule has 0 aromatic rings. The third kappa shape index (κ3) is 4.15. The minimum Gasteiger partial charge on any atom is -0.500 e. The van der Waals surface area contributed by atoms with Gasteiger partial charge in [0, 0.05) is 0 Å². The molecule has 108 valence electrons. The van der Waals surface area contributed by atoms with Crippen LogP contribution in [-0.4, -0.2) is 38.4 Å². The van der Waals surface area contributed by atoms with Gasteiger partial charge in [-0.3, -0.25) is 9.59 Å². The smallest absolute Gasteiger partial charge is 0.316 e. The zero-order valence-corrected chi connectivity index (χ0v) is 10.9. The highest BCUT2D eigenvalue weighted by molar-refractivity contribution is 5.75. The van der Waals surface area contributed by atoms with E-state index in [1.165, 1.54) is 12.5 Å². The van der Waals surface area contributed by atoms with Crippen molar-refractivity contribution in [3.05, 3.63) is 36.8 Å². The number of hydrogen-bond donors (Lipinski definition) is 0. The van der Waals surface area contributed by atoms with Gasteiger partial charge in [-0.25, -0.2) is 0 Å². The molecule has 0 saturated heterocycles. The molecule has 2 aliphatic heterocycles. The number of ether oxygens (including phenoxy) is 4. The predicted molar refractivity (Wildman–Crippen MR) is 68.2 cm³/mol. The molecular formula is C14H16O6. The SMILES string of the molecule is O=C(OC/C=C/COC(=O)C1C=COC1)C1C=COC1. The molecule has 2 unspecified atom stereocenters. The largest absolute Gasteiger partial charge is 0.500 e. The average Bonchev–Trinajstić information content (AvgIpc) is 3.14. The number of esters is 2. The molecule has 20 heavy (non-hydrogen) atoms. The minimum absolute atomic E-state index is 0.146. The van der Waals surface area contributed by atoms with Crippen LogP contribution in [0, 0.1) is 11.8 Å². The van der Waals surface area contributed by atoms with Crippen molar-refractivity contribution in [3.8, 4) is 0 Å². The van der Waals surface area contributed by atoms with Crippen molar-refractivity contribution < 1.29 is 28.5 Å². The monoisotopic (exact) mass is 280 g/mol. The Morgan fingerprint density at radius 1 is 0.950 bits per heavy atom. The van der Waals surface area contributed by atoms with Gasteiger partial charge in [-0.1, -0.05) is 0 Å². The van der Waals surface area contributed by atoms with Crippen molar-refractivity contribution in [1.29, 1.82) is 0 Å². The van der Waals surface area contributed by atoms with E-state index in [9.17, 15) is 9.59 Å². The average molecular weight is 280 g/mol. The highest BCUT2D eigenvalue weighted by Gasteiger charge is 2.21. The molecule has 0 N–H and O–H groups in total. The maximum Gasteiger partial charge on any atom is 0.316 e. The summed E-state index contributed by atoms with van der Waals surface area (Å²) in [7, 11) is 0. The van der Waals surface area contributed by atoms with Crippen LogP contribution < -0.4 is 0 Å². The molecule has 0 fully saturated rings. The summed E-state index contributed by atoms with van der Waals surface area (Å²) in [5, 5.41) is 0. The van der Waals surface area contributed by atoms with Gasteiger partial charge in [0.15, 0.2) is 0 Å². The highest BCUT2D eigenvalue weighted by Crippen LogP contribution is 2.10. The molecular weight excluding hydrogens is 264 g/mol. The van der Waals surface area contributed by atoms with E-state index in [1.807, 2.05) is 0 Å². The summed E-state index contributed by atoms with van der Waals surface area (Å²) in [4.78, 5) is 22.9. The van der Waals surface area contributed by atoms with Crippen molar-refractivity contribution in [1.82, 2.24) is 0 Å². The second-order valence-electron chi connectivity index (χ2n) is 4.27. The molecule has 2 heterocycles. The van der Waals surface area contributed by atoms with E-state index in [-0.39, 0.29) is 37.0 Å². The summed E-state index contributed by atoms with van der Waals surface area (Å²) in [5.74, 6) is -1.30. The molecule has 0 aliphatic carbocycles. The molecule has 0 radical (unpaired) electrons. The van der Waals surface area contributed by atoms with Crippen LogP contribution in [0.15, 0.2) is 36.8 Å². The Morgan fingerprint density at radius 3 is 1.75 bits per heavy atom. The summed E-state index contributed by atoms with van der Waals surface area (Å²) in [6.07, 6.45) is 9.55. The van der Waals surface area contributed by atoms with Gasteiger partial charge >= 0.3 is 11.9 Å². The zero-order valence-electron chi connectivity index (χ0n) is 10.9. The van der Waals surface area contributed by atoms with Crippen LogP contribution in [0.5, 0.6) is 0 Å². The van der Waals surface area contributed by atoms with Gasteiger partial charge in [0.05, 0.1) is 12.5 Å². The van der Waals surface area contributed by atoms with E-state index in [0.717, 1.165) is 0 Å². The first kappa shape index (κ1) is 14.2. The standard InChI is InChI=1S/C14H16O6/c15-13(11-3-7-17-9-11)19-5-1-2-6-20-14(16)12-4-8-18-10-12/h1-4,7-8,11-12H,5-6,9-10H2/b2-1+. The van der Waals surface area contributed by atoms with E-state index in [4.69, 9.17) is 18.9 Å². The number of carbonyl (C=O) groups is 2. The lowest BCUT2D eigenvalue weighted by Crippen LogP contribution is -2.18. The summed E-state index contributed by atoms with van der Waals surface area (Å²) < 4.78 is 19.9. The fourth-order valence-corrected chi connectivity index (χ4v) is 1.63. The normalized spacial score (nSPS) is 23.6. The summed E-state index contributed by atoms with van der Waals surface area (Å²) in [6.45, 7) is 0.953. The maximum absolute atomic E-state index is 11.5. The molecule has 2 atom stereocenters. The second kappa shape index (κ2) is 7.37. The molecule has 2 aliphatic rings. The summed E-state index contributed by atoms with van der Waals surface area (Å²) >= 11 is 0. The van der Waals surface area contributed by atoms with Crippen molar-refractivity contribution >= 4 is 11.9 Å². The first-order valence-corrected chi connectivity index (χ1v) is 6.32. The van der Waals surface area contributed by atoms with Crippen LogP contribution >= 0.6 is 0 Å². The summed E-state index contributed by atoms with van der Waals surface area (Å²) in [6, 6.07) is 0. The van der Waals surface area contributed by atoms with E-state index in [0.29, 0.717) is 13.2 Å². The van der Waals surface area contributed by atoms with Gasteiger partial charge < -0.3 is 18.9 Å². The summed E-state index contributed by atoms with van der Waals surface area (Å²) in [5.41, 5.74) is 0. The quantitative estimate of drug-likeness (QED) is 0.533. The molecule has 6 nitrogen and oxygen atoms in total. The number of rotatable bonds is 6. The van der Waals surface area contributed by atoms with Gasteiger partial charge in [-0.2, -0.15) is 0 Å². The Hall–Kier alpha value is -2.24. The van der Waals surface area contributed by atoms with Crippen LogP contribution in [0.1, 0.15) is 0 Å². The van der Waals surface area contributed by atoms with Crippen LogP contribution in [0.25, 0.3) is 0 Å². The third-order valence-electron chi connectivity index (χ3n) is 2.78. The van der Waals surface area contributed by atoms with Gasteiger partial charge in [-0.15, -0.1) is 0 Å². The van der Waals surface area contributed by atoms with Gasteiger partial charge in [0.25, 0.3) is 0 Å². The van der Waals surface area contributed by atoms with Crippen molar-refractivity contribution in [2.24, 2.45) is 11.8 Å². The van der Waals surface area contributed by atoms with E-state index in [1.54, 1.807) is 24.3 Å². The molecule has 0 bridgehead atoms.